The number of amides is 1. The Bertz CT molecular complexity index is 1620. The topological polar surface area (TPSA) is 133 Å². The van der Waals surface area contributed by atoms with Gasteiger partial charge in [0.25, 0.3) is 0 Å². The third-order valence-corrected chi connectivity index (χ3v) is 12.2. The molecule has 6 aliphatic rings. The van der Waals surface area contributed by atoms with Crippen LogP contribution in [0.1, 0.15) is 68.9 Å². The number of anilines is 3. The highest BCUT2D eigenvalue weighted by atomic mass is 32.1. The normalized spacial score (nSPS) is 29.3. The van der Waals surface area contributed by atoms with Crippen LogP contribution in [0.4, 0.5) is 25.8 Å². The molecule has 8 rings (SSSR count). The Morgan fingerprint density at radius 2 is 1.88 bits per heavy atom. The van der Waals surface area contributed by atoms with Gasteiger partial charge < -0.3 is 29.7 Å². The average Bonchev–Trinajstić information content (AvgIpc) is 3.65. The van der Waals surface area contributed by atoms with Gasteiger partial charge in [-0.15, -0.1) is 11.3 Å². The highest BCUT2D eigenvalue weighted by molar-refractivity contribution is 7.16. The Balaban J connectivity index is 1.08. The van der Waals surface area contributed by atoms with Gasteiger partial charge in [-0.25, -0.2) is 9.18 Å². The number of carbonyl (C=O) groups is 1. The van der Waals surface area contributed by atoms with Crippen LogP contribution in [0.3, 0.4) is 0 Å². The zero-order valence-electron chi connectivity index (χ0n) is 28.0. The molecule has 0 aromatic carbocycles. The van der Waals surface area contributed by atoms with E-state index in [1.54, 1.807) is 11.3 Å². The maximum Gasteiger partial charge on any atom is 0.411 e. The number of rotatable bonds is 5. The second kappa shape index (κ2) is 11.6. The SMILES string of the molecule is CC(C)(C)OC(=O)N1C2COCC1CN(c1cc(N3CC4(CCCc5sc(N)c(C#N)c54)C3)nc(OC[C@@]34CCCN3C[C@H](F)C4)n1)C2. The number of alkyl halides is 1. The minimum Gasteiger partial charge on any atom is -0.461 e. The van der Waals surface area contributed by atoms with Crippen molar-refractivity contribution in [3.8, 4) is 12.1 Å². The predicted molar refractivity (Wildman–Crippen MR) is 180 cm³/mol. The lowest BCUT2D eigenvalue weighted by atomic mass is 9.66. The van der Waals surface area contributed by atoms with E-state index in [4.69, 9.17) is 29.9 Å². The quantitative estimate of drug-likeness (QED) is 0.494. The van der Waals surface area contributed by atoms with Gasteiger partial charge >= 0.3 is 12.1 Å². The number of hydrogen-bond donors (Lipinski definition) is 1. The van der Waals surface area contributed by atoms with E-state index in [1.165, 1.54) is 4.88 Å². The number of thiophene rings is 1. The van der Waals surface area contributed by atoms with Gasteiger partial charge in [-0.3, -0.25) is 9.80 Å². The summed E-state index contributed by atoms with van der Waals surface area (Å²) < 4.78 is 32.6. The first-order valence-electron chi connectivity index (χ1n) is 17.3. The van der Waals surface area contributed by atoms with E-state index in [-0.39, 0.29) is 35.1 Å². The number of nitrogens with two attached hydrogens (primary N) is 1. The Kier molecular flexibility index (Phi) is 7.69. The lowest BCUT2D eigenvalue weighted by Crippen LogP contribution is -2.66. The van der Waals surface area contributed by atoms with Crippen molar-refractivity contribution in [3.63, 3.8) is 0 Å². The van der Waals surface area contributed by atoms with Crippen molar-refractivity contribution in [2.45, 2.75) is 94.1 Å². The number of hydrogen-bond acceptors (Lipinski definition) is 12. The van der Waals surface area contributed by atoms with E-state index in [1.807, 2.05) is 31.7 Å². The maximum atomic E-state index is 14.6. The molecule has 2 aromatic rings. The van der Waals surface area contributed by atoms with Crippen molar-refractivity contribution in [2.75, 3.05) is 74.6 Å². The molecular weight excluding hydrogens is 635 g/mol. The van der Waals surface area contributed by atoms with Gasteiger partial charge in [0.05, 0.1) is 36.4 Å². The first-order chi connectivity index (χ1) is 23.0. The molecule has 2 unspecified atom stereocenters. The number of nitrogen functional groups attached to an aromatic ring is 1. The number of aryl methyl sites for hydroxylation is 1. The largest absolute Gasteiger partial charge is 0.461 e. The van der Waals surface area contributed by atoms with E-state index in [0.717, 1.165) is 68.9 Å². The summed E-state index contributed by atoms with van der Waals surface area (Å²) in [6, 6.07) is 4.30. The average molecular weight is 681 g/mol. The molecule has 2 N–H and O–H groups in total. The fourth-order valence-corrected chi connectivity index (χ4v) is 10.3. The van der Waals surface area contributed by atoms with Crippen molar-refractivity contribution in [2.24, 2.45) is 0 Å². The van der Waals surface area contributed by atoms with Crippen LogP contribution in [0.25, 0.3) is 0 Å². The summed E-state index contributed by atoms with van der Waals surface area (Å²) in [6.07, 6.45) is 4.27. The number of piperazine rings is 1. The number of halogens is 1. The number of nitrogens with zero attached hydrogens (tertiary/aromatic N) is 7. The van der Waals surface area contributed by atoms with Crippen molar-refractivity contribution < 1.29 is 23.4 Å². The van der Waals surface area contributed by atoms with E-state index in [0.29, 0.717) is 56.4 Å². The first kappa shape index (κ1) is 31.8. The lowest BCUT2D eigenvalue weighted by Gasteiger charge is -2.53. The second-order valence-electron chi connectivity index (χ2n) is 15.6. The molecule has 0 saturated carbocycles. The molecule has 7 heterocycles. The molecule has 12 nitrogen and oxygen atoms in total. The molecule has 1 amide bonds. The van der Waals surface area contributed by atoms with Crippen LogP contribution in [-0.4, -0.2) is 114 Å². The van der Waals surface area contributed by atoms with Crippen LogP contribution in [-0.2, 0) is 21.3 Å². The van der Waals surface area contributed by atoms with Crippen molar-refractivity contribution in [3.05, 3.63) is 22.1 Å². The molecule has 5 fully saturated rings. The Morgan fingerprint density at radius 3 is 2.58 bits per heavy atom. The predicted octanol–water partition coefficient (Wildman–Crippen LogP) is 3.87. The molecule has 2 bridgehead atoms. The van der Waals surface area contributed by atoms with Crippen LogP contribution >= 0.6 is 11.3 Å². The molecule has 4 atom stereocenters. The molecule has 14 heteroatoms. The smallest absolute Gasteiger partial charge is 0.411 e. The Labute approximate surface area is 284 Å². The molecule has 5 saturated heterocycles. The highest BCUT2D eigenvalue weighted by Crippen LogP contribution is 2.51. The fraction of sp³-hybridized carbons (Fsp3) is 0.706. The molecule has 2 aromatic heterocycles. The van der Waals surface area contributed by atoms with Gasteiger partial charge in [-0.2, -0.15) is 15.2 Å². The number of carbonyl (C=O) groups excluding carboxylic acids is 1. The summed E-state index contributed by atoms with van der Waals surface area (Å²) in [6.45, 7) is 10.7. The van der Waals surface area contributed by atoms with E-state index in [9.17, 15) is 14.4 Å². The van der Waals surface area contributed by atoms with Gasteiger partial charge in [-0.1, -0.05) is 0 Å². The minimum atomic E-state index is -0.846. The second-order valence-corrected chi connectivity index (χ2v) is 16.7. The number of morpholine rings is 1. The Morgan fingerprint density at radius 1 is 1.15 bits per heavy atom. The molecule has 48 heavy (non-hydrogen) atoms. The van der Waals surface area contributed by atoms with Crippen LogP contribution < -0.4 is 20.3 Å². The molecule has 5 aliphatic heterocycles. The number of fused-ring (bicyclic) bond motifs is 5. The van der Waals surface area contributed by atoms with Crippen molar-refractivity contribution >= 4 is 34.1 Å². The Hall–Kier alpha value is -3.41. The summed E-state index contributed by atoms with van der Waals surface area (Å²) in [4.78, 5) is 32.9. The third-order valence-electron chi connectivity index (χ3n) is 11.1. The van der Waals surface area contributed by atoms with Gasteiger partial charge in [0.1, 0.15) is 41.1 Å². The fourth-order valence-electron chi connectivity index (χ4n) is 9.12. The zero-order valence-corrected chi connectivity index (χ0v) is 28.9. The van der Waals surface area contributed by atoms with E-state index >= 15 is 0 Å². The molecule has 258 valence electrons. The van der Waals surface area contributed by atoms with Crippen molar-refractivity contribution in [1.82, 2.24) is 19.8 Å². The van der Waals surface area contributed by atoms with Crippen molar-refractivity contribution in [1.29, 1.82) is 5.26 Å². The molecule has 1 spiro atoms. The molecule has 1 aliphatic carbocycles. The van der Waals surface area contributed by atoms with Gasteiger partial charge in [0, 0.05) is 55.5 Å². The van der Waals surface area contributed by atoms with Gasteiger partial charge in [-0.05, 0) is 65.0 Å². The molecule has 0 radical (unpaired) electrons. The number of aromatic nitrogens is 2. The van der Waals surface area contributed by atoms with Crippen LogP contribution in [0.2, 0.25) is 0 Å². The highest BCUT2D eigenvalue weighted by Gasteiger charge is 2.52. The number of nitriles is 1. The summed E-state index contributed by atoms with van der Waals surface area (Å²) in [5.41, 5.74) is 7.03. The summed E-state index contributed by atoms with van der Waals surface area (Å²) in [7, 11) is 0. The van der Waals surface area contributed by atoms with Crippen LogP contribution in [0.5, 0.6) is 6.01 Å². The minimum absolute atomic E-state index is 0.129. The third kappa shape index (κ3) is 5.42. The lowest BCUT2D eigenvalue weighted by molar-refractivity contribution is -0.0666. The first-order valence-corrected chi connectivity index (χ1v) is 18.1. The van der Waals surface area contributed by atoms with Crippen LogP contribution in [0.15, 0.2) is 6.07 Å². The summed E-state index contributed by atoms with van der Waals surface area (Å²) in [5.74, 6) is 1.50. The van der Waals surface area contributed by atoms with Gasteiger partial charge in [0.2, 0.25) is 0 Å². The maximum absolute atomic E-state index is 14.6. The monoisotopic (exact) mass is 680 g/mol. The van der Waals surface area contributed by atoms with E-state index in [2.05, 4.69) is 20.8 Å². The standard InChI is InChI=1S/C34H45FN8O4S/c1-32(2,3)47-31(44)43-22-14-40(15-23(43)17-45-16-22)26-10-27(39-30(38-26)46-20-34-8-5-9-42(34)13-21(35)11-34)41-18-33(19-41)7-4-6-25-28(33)24(12-36)29(37)48-25/h10,21-23H,4-9,11,13-20,37H2,1-3H3/t21-,22?,23?,34+/m1/s1. The zero-order chi connectivity index (χ0) is 33.4. The summed E-state index contributed by atoms with van der Waals surface area (Å²) in [5, 5.41) is 10.6. The number of ether oxygens (including phenoxy) is 3. The van der Waals surface area contributed by atoms with Crippen LogP contribution in [0, 0.1) is 11.3 Å². The summed E-state index contributed by atoms with van der Waals surface area (Å²) >= 11 is 1.56. The van der Waals surface area contributed by atoms with E-state index < -0.39 is 11.8 Å². The molecular formula is C34H45FN8O4S. The van der Waals surface area contributed by atoms with Gasteiger partial charge in [0.15, 0.2) is 0 Å².